The van der Waals surface area contributed by atoms with Gasteiger partial charge in [-0.25, -0.2) is 4.98 Å². The van der Waals surface area contributed by atoms with Crippen LogP contribution < -0.4 is 5.32 Å². The summed E-state index contributed by atoms with van der Waals surface area (Å²) >= 11 is 1.44. The van der Waals surface area contributed by atoms with Gasteiger partial charge < -0.3 is 10.2 Å². The summed E-state index contributed by atoms with van der Waals surface area (Å²) in [4.78, 5) is 37.0. The summed E-state index contributed by atoms with van der Waals surface area (Å²) in [6.07, 6.45) is -1.31. The Kier molecular flexibility index (Phi) is 7.47. The quantitative estimate of drug-likeness (QED) is 0.230. The summed E-state index contributed by atoms with van der Waals surface area (Å²) in [5.74, 6) is -0.320. The van der Waals surface area contributed by atoms with Gasteiger partial charge in [-0.3, -0.25) is 14.6 Å². The largest absolute Gasteiger partial charge is 0.416 e. The van der Waals surface area contributed by atoms with Crippen molar-refractivity contribution >= 4 is 39.7 Å². The molecule has 0 spiro atoms. The predicted molar refractivity (Wildman–Crippen MR) is 157 cm³/mol. The summed E-state index contributed by atoms with van der Waals surface area (Å²) in [5.41, 5.74) is 2.73. The molecule has 0 saturated carbocycles. The molecule has 42 heavy (non-hydrogen) atoms. The molecule has 1 aliphatic heterocycles. The maximum atomic E-state index is 13.5. The Morgan fingerprint density at radius 1 is 0.929 bits per heavy atom. The first-order chi connectivity index (χ1) is 20.3. The molecule has 0 unspecified atom stereocenters. The Morgan fingerprint density at radius 2 is 1.69 bits per heavy atom. The van der Waals surface area contributed by atoms with Gasteiger partial charge in [0.15, 0.2) is 0 Å². The van der Waals surface area contributed by atoms with Crippen molar-refractivity contribution in [2.75, 3.05) is 18.4 Å². The second-order valence-electron chi connectivity index (χ2n) is 10.1. The molecule has 0 bridgehead atoms. The van der Waals surface area contributed by atoms with Crippen LogP contribution in [0.1, 0.15) is 50.2 Å². The van der Waals surface area contributed by atoms with E-state index in [0.29, 0.717) is 54.0 Å². The number of hydrogen-bond acceptors (Lipinski definition) is 5. The van der Waals surface area contributed by atoms with Crippen molar-refractivity contribution in [3.05, 3.63) is 112 Å². The number of anilines is 1. The number of nitrogens with zero attached hydrogens (tertiary/aromatic N) is 3. The van der Waals surface area contributed by atoms with E-state index in [4.69, 9.17) is 0 Å². The third kappa shape index (κ3) is 5.75. The van der Waals surface area contributed by atoms with Gasteiger partial charge in [0.1, 0.15) is 5.69 Å². The van der Waals surface area contributed by atoms with E-state index in [1.165, 1.54) is 23.5 Å². The van der Waals surface area contributed by atoms with Gasteiger partial charge in [-0.1, -0.05) is 36.4 Å². The van der Waals surface area contributed by atoms with Crippen LogP contribution in [0, 0.1) is 0 Å². The number of aromatic nitrogens is 2. The Balaban J connectivity index is 1.10. The highest BCUT2D eigenvalue weighted by Gasteiger charge is 2.31. The second-order valence-corrected chi connectivity index (χ2v) is 11.0. The number of likely N-dealkylation sites (tertiary alicyclic amines) is 1. The summed E-state index contributed by atoms with van der Waals surface area (Å²) in [6, 6.07) is 21.2. The maximum absolute atomic E-state index is 13.5. The Labute approximate surface area is 243 Å². The summed E-state index contributed by atoms with van der Waals surface area (Å²) in [5, 5.41) is 6.45. The van der Waals surface area contributed by atoms with E-state index in [1.807, 2.05) is 30.3 Å². The zero-order chi connectivity index (χ0) is 29.3. The number of pyridine rings is 1. The zero-order valence-electron chi connectivity index (χ0n) is 22.3. The van der Waals surface area contributed by atoms with Crippen LogP contribution >= 0.6 is 11.3 Å². The summed E-state index contributed by atoms with van der Waals surface area (Å²) < 4.78 is 39.1. The molecule has 1 fully saturated rings. The van der Waals surface area contributed by atoms with Gasteiger partial charge in [0.25, 0.3) is 11.8 Å². The summed E-state index contributed by atoms with van der Waals surface area (Å²) in [6.45, 7) is 1.02. The number of piperidine rings is 1. The lowest BCUT2D eigenvalue weighted by Gasteiger charge is -2.31. The molecule has 3 heterocycles. The smallest absolute Gasteiger partial charge is 0.339 e. The molecule has 5 aromatic rings. The van der Waals surface area contributed by atoms with Crippen LogP contribution in [-0.4, -0.2) is 39.8 Å². The fourth-order valence-corrected chi connectivity index (χ4v) is 6.16. The number of alkyl halides is 3. The van der Waals surface area contributed by atoms with Crippen LogP contribution in [0.25, 0.3) is 22.0 Å². The molecule has 3 aromatic carbocycles. The Bertz CT molecular complexity index is 1760. The number of hydrogen-bond donors (Lipinski definition) is 1. The number of amides is 2. The molecule has 1 aliphatic rings. The first-order valence-corrected chi connectivity index (χ1v) is 14.3. The molecule has 0 aliphatic carbocycles. The minimum atomic E-state index is -4.42. The van der Waals surface area contributed by atoms with Crippen molar-refractivity contribution < 1.29 is 22.8 Å². The number of nitrogens with one attached hydrogen (secondary N) is 1. The number of halogens is 3. The molecule has 6 nitrogen and oxygen atoms in total. The minimum Gasteiger partial charge on any atom is -0.339 e. The lowest BCUT2D eigenvalue weighted by molar-refractivity contribution is -0.137. The lowest BCUT2D eigenvalue weighted by Crippen LogP contribution is -2.38. The van der Waals surface area contributed by atoms with Crippen molar-refractivity contribution in [2.24, 2.45) is 0 Å². The molecule has 0 radical (unpaired) electrons. The lowest BCUT2D eigenvalue weighted by atomic mass is 9.94. The van der Waals surface area contributed by atoms with E-state index < -0.39 is 11.7 Å². The van der Waals surface area contributed by atoms with Gasteiger partial charge in [-0.15, -0.1) is 11.3 Å². The van der Waals surface area contributed by atoms with Crippen LogP contribution in [0.2, 0.25) is 0 Å². The van der Waals surface area contributed by atoms with Crippen LogP contribution in [0.15, 0.2) is 90.4 Å². The van der Waals surface area contributed by atoms with Crippen LogP contribution in [0.4, 0.5) is 18.9 Å². The van der Waals surface area contributed by atoms with Crippen molar-refractivity contribution in [3.63, 3.8) is 0 Å². The zero-order valence-corrected chi connectivity index (χ0v) is 23.1. The van der Waals surface area contributed by atoms with Crippen molar-refractivity contribution in [3.8, 4) is 11.1 Å². The first kappa shape index (κ1) is 27.6. The van der Waals surface area contributed by atoms with Gasteiger partial charge in [-0.2, -0.15) is 13.2 Å². The first-order valence-electron chi connectivity index (χ1n) is 13.4. The van der Waals surface area contributed by atoms with E-state index in [9.17, 15) is 22.8 Å². The molecular formula is C32H25F3N4O2S. The maximum Gasteiger partial charge on any atom is 0.416 e. The van der Waals surface area contributed by atoms with Gasteiger partial charge in [-0.05, 0) is 66.4 Å². The average molecular weight is 587 g/mol. The molecule has 2 aromatic heterocycles. The topological polar surface area (TPSA) is 75.2 Å². The highest BCUT2D eigenvalue weighted by molar-refractivity contribution is 7.10. The average Bonchev–Trinajstić information content (AvgIpc) is 3.51. The van der Waals surface area contributed by atoms with Gasteiger partial charge in [0.2, 0.25) is 0 Å². The van der Waals surface area contributed by atoms with Crippen molar-refractivity contribution in [1.29, 1.82) is 0 Å². The fraction of sp³-hybridized carbons (Fsp3) is 0.188. The number of carbonyl (C=O) groups excluding carboxylic acids is 2. The van der Waals surface area contributed by atoms with E-state index >= 15 is 0 Å². The number of carbonyl (C=O) groups is 2. The number of benzene rings is 3. The third-order valence-electron chi connectivity index (χ3n) is 7.43. The highest BCUT2D eigenvalue weighted by Crippen LogP contribution is 2.34. The molecular weight excluding hydrogens is 561 g/mol. The SMILES string of the molecule is O=C(Nc1ccc2ncccc2c1)c1csc(C2CCN(C(=O)c3ccccc3-c3ccc(C(F)(F)F)cc3)CC2)n1. The molecule has 10 heteroatoms. The normalized spacial score (nSPS) is 14.2. The van der Waals surface area contributed by atoms with Crippen molar-refractivity contribution in [2.45, 2.75) is 24.9 Å². The molecule has 2 amide bonds. The standard InChI is InChI=1S/C32H25F3N4O2S/c33-32(34,35)23-9-7-20(8-10-23)25-5-1-2-6-26(25)31(41)39-16-13-21(14-17-39)30-38-28(19-42-30)29(40)37-24-11-12-27-22(18-24)4-3-15-36-27/h1-12,15,18-19,21H,13-14,16-17H2,(H,37,40). The van der Waals surface area contributed by atoms with Crippen LogP contribution in [0.5, 0.6) is 0 Å². The second kappa shape index (κ2) is 11.4. The Morgan fingerprint density at radius 3 is 2.45 bits per heavy atom. The summed E-state index contributed by atoms with van der Waals surface area (Å²) in [7, 11) is 0. The molecule has 6 rings (SSSR count). The van der Waals surface area contributed by atoms with E-state index in [1.54, 1.807) is 40.7 Å². The molecule has 1 N–H and O–H groups in total. The van der Waals surface area contributed by atoms with E-state index in [2.05, 4.69) is 15.3 Å². The van der Waals surface area contributed by atoms with Gasteiger partial charge >= 0.3 is 6.18 Å². The van der Waals surface area contributed by atoms with E-state index in [-0.39, 0.29) is 17.7 Å². The number of fused-ring (bicyclic) bond motifs is 1. The molecule has 212 valence electrons. The minimum absolute atomic E-state index is 0.123. The van der Waals surface area contributed by atoms with Crippen LogP contribution in [0.3, 0.4) is 0 Å². The van der Waals surface area contributed by atoms with Crippen molar-refractivity contribution in [1.82, 2.24) is 14.9 Å². The third-order valence-corrected chi connectivity index (χ3v) is 8.43. The number of rotatable bonds is 5. The molecule has 1 saturated heterocycles. The van der Waals surface area contributed by atoms with Gasteiger partial charge in [0.05, 0.1) is 16.1 Å². The monoisotopic (exact) mass is 586 g/mol. The van der Waals surface area contributed by atoms with Gasteiger partial charge in [0, 0.05) is 47.2 Å². The highest BCUT2D eigenvalue weighted by atomic mass is 32.1. The molecule has 0 atom stereocenters. The van der Waals surface area contributed by atoms with Crippen LogP contribution in [-0.2, 0) is 6.18 Å². The Hall–Kier alpha value is -4.57. The van der Waals surface area contributed by atoms with E-state index in [0.717, 1.165) is 28.0 Å². The number of thiazole rings is 1. The fourth-order valence-electron chi connectivity index (χ4n) is 5.19. The predicted octanol–water partition coefficient (Wildman–Crippen LogP) is 7.65.